The molecule has 0 aromatic heterocycles. The summed E-state index contributed by atoms with van der Waals surface area (Å²) in [6.45, 7) is -0.200. The molecule has 14 N–H and O–H groups in total. The molecular formula is C28H49N3O19. The maximum atomic E-state index is 12.5. The summed E-state index contributed by atoms with van der Waals surface area (Å²) in [7, 11) is 0. The van der Waals surface area contributed by atoms with E-state index in [-0.39, 0.29) is 13.2 Å². The predicted molar refractivity (Wildman–Crippen MR) is 159 cm³/mol. The van der Waals surface area contributed by atoms with Crippen molar-refractivity contribution in [2.24, 2.45) is 5.73 Å². The number of carboxylic acids is 1. The highest BCUT2D eigenvalue weighted by Crippen LogP contribution is 2.35. The van der Waals surface area contributed by atoms with Crippen molar-refractivity contribution in [2.45, 2.75) is 124 Å². The summed E-state index contributed by atoms with van der Waals surface area (Å²) in [4.78, 5) is 36.2. The standard InChI is InChI=1S/C28H49N3O19/c1-10(34)30-16-12(36)6-28(27(43)44,50-24(16)18(38)13(37)7-32)46-9-15-19(39)21(41)22(42)26(48-15)49-23-14(8-33)47-25(45-5-3-4-29)17(20(23)40)31-11(2)35/h12-26,32-33,36-42H,3-9,29H2,1-2H3,(H,30,34)(H,31,35)(H,43,44)/t12?,13?,14?,15?,16-,17?,18?,19+,20-,21+,22?,23-,24?,25-,26+,28-/m1/s1. The first-order valence-electron chi connectivity index (χ1n) is 15.9. The first kappa shape index (κ1) is 42.2. The molecule has 22 nitrogen and oxygen atoms in total. The van der Waals surface area contributed by atoms with Gasteiger partial charge in [0.2, 0.25) is 11.8 Å². The van der Waals surface area contributed by atoms with Gasteiger partial charge in [-0.25, -0.2) is 4.79 Å². The topological polar surface area (TPSA) is 359 Å². The Bertz CT molecular complexity index is 1120. The maximum absolute atomic E-state index is 12.5. The van der Waals surface area contributed by atoms with Crippen LogP contribution in [0.1, 0.15) is 26.7 Å². The predicted octanol–water partition coefficient (Wildman–Crippen LogP) is -7.71. The Balaban J connectivity index is 1.83. The van der Waals surface area contributed by atoms with Crippen LogP contribution in [0.5, 0.6) is 0 Å². The highest BCUT2D eigenvalue weighted by atomic mass is 16.8. The summed E-state index contributed by atoms with van der Waals surface area (Å²) in [5.41, 5.74) is 5.49. The first-order chi connectivity index (χ1) is 23.5. The molecule has 0 saturated carbocycles. The summed E-state index contributed by atoms with van der Waals surface area (Å²) in [6.07, 6.45) is -23.6. The Morgan fingerprint density at radius 1 is 0.900 bits per heavy atom. The molecular weight excluding hydrogens is 682 g/mol. The fraction of sp³-hybridized carbons (Fsp3) is 0.893. The van der Waals surface area contributed by atoms with E-state index in [0.717, 1.165) is 13.8 Å². The number of nitrogens with one attached hydrogen (secondary N) is 2. The molecule has 22 heteroatoms. The lowest BCUT2D eigenvalue weighted by atomic mass is 9.88. The number of ether oxygens (including phenoxy) is 6. The summed E-state index contributed by atoms with van der Waals surface area (Å²) < 4.78 is 33.7. The van der Waals surface area contributed by atoms with E-state index < -0.39 is 142 Å². The van der Waals surface area contributed by atoms with Gasteiger partial charge in [-0.1, -0.05) is 0 Å². The van der Waals surface area contributed by atoms with Crippen LogP contribution in [-0.2, 0) is 42.8 Å². The van der Waals surface area contributed by atoms with E-state index in [0.29, 0.717) is 6.42 Å². The average Bonchev–Trinajstić information content (AvgIpc) is 3.06. The van der Waals surface area contributed by atoms with E-state index in [4.69, 9.17) is 34.2 Å². The Labute approximate surface area is 285 Å². The van der Waals surface area contributed by atoms with Crippen molar-refractivity contribution in [1.29, 1.82) is 0 Å². The SMILES string of the molecule is CC(=O)NC1[C@H](OCCCN)OC(CO)[C@@H](O[C@@H]2OC(CO[C@]3(C(=O)O)CC(O)[C@@H](NC(C)=O)C(C(O)C(O)CO)O3)[C@H](O)[C@H](O)C2O)[C@@H]1O. The van der Waals surface area contributed by atoms with E-state index in [9.17, 15) is 65.4 Å². The van der Waals surface area contributed by atoms with Crippen LogP contribution in [0.3, 0.4) is 0 Å². The minimum atomic E-state index is -2.84. The summed E-state index contributed by atoms with van der Waals surface area (Å²) in [5.74, 6) is -6.02. The maximum Gasteiger partial charge on any atom is 0.364 e. The molecule has 3 aliphatic heterocycles. The van der Waals surface area contributed by atoms with E-state index in [1.807, 2.05) is 0 Å². The van der Waals surface area contributed by atoms with Gasteiger partial charge in [-0.15, -0.1) is 0 Å². The number of hydrogen-bond acceptors (Lipinski definition) is 19. The number of aliphatic carboxylic acids is 1. The van der Waals surface area contributed by atoms with Gasteiger partial charge in [0, 0.05) is 20.3 Å². The Morgan fingerprint density at radius 3 is 2.08 bits per heavy atom. The molecule has 0 spiro atoms. The van der Waals surface area contributed by atoms with Crippen molar-refractivity contribution < 1.29 is 93.9 Å². The van der Waals surface area contributed by atoms with Crippen LogP contribution in [0.25, 0.3) is 0 Å². The number of carboxylic acid groups (broad SMARTS) is 1. The van der Waals surface area contributed by atoms with Gasteiger partial charge >= 0.3 is 5.97 Å². The van der Waals surface area contributed by atoms with Crippen LogP contribution in [0.4, 0.5) is 0 Å². The fourth-order valence-electron chi connectivity index (χ4n) is 5.86. The molecule has 0 radical (unpaired) electrons. The van der Waals surface area contributed by atoms with Crippen LogP contribution in [0, 0.1) is 0 Å². The lowest BCUT2D eigenvalue weighted by Gasteiger charge is -2.48. The van der Waals surface area contributed by atoms with Gasteiger partial charge < -0.3 is 95.9 Å². The van der Waals surface area contributed by atoms with Crippen molar-refractivity contribution in [3.63, 3.8) is 0 Å². The molecule has 50 heavy (non-hydrogen) atoms. The lowest BCUT2D eigenvalue weighted by Crippen LogP contribution is -2.69. The van der Waals surface area contributed by atoms with E-state index in [2.05, 4.69) is 10.6 Å². The number of rotatable bonds is 16. The molecule has 3 aliphatic rings. The third-order valence-corrected chi connectivity index (χ3v) is 8.48. The van der Waals surface area contributed by atoms with Crippen LogP contribution < -0.4 is 16.4 Å². The molecule has 3 rings (SSSR count). The van der Waals surface area contributed by atoms with E-state index >= 15 is 0 Å². The van der Waals surface area contributed by atoms with Crippen LogP contribution in [-0.4, -0.2) is 199 Å². The molecule has 0 aliphatic carbocycles. The van der Waals surface area contributed by atoms with Gasteiger partial charge in [-0.3, -0.25) is 9.59 Å². The Kier molecular flexibility index (Phi) is 15.6. The zero-order chi connectivity index (χ0) is 37.5. The molecule has 0 aromatic rings. The van der Waals surface area contributed by atoms with Crippen molar-refractivity contribution >= 4 is 17.8 Å². The van der Waals surface area contributed by atoms with Crippen LogP contribution in [0.15, 0.2) is 0 Å². The normalized spacial score (nSPS) is 40.4. The van der Waals surface area contributed by atoms with Gasteiger partial charge in [0.05, 0.1) is 38.6 Å². The number of nitrogens with two attached hydrogens (primary N) is 1. The number of aliphatic hydroxyl groups is 9. The van der Waals surface area contributed by atoms with Crippen molar-refractivity contribution in [3.05, 3.63) is 0 Å². The quantitative estimate of drug-likeness (QED) is 0.0655. The Hall–Kier alpha value is -2.23. The number of carbonyl (C=O) groups is 3. The zero-order valence-electron chi connectivity index (χ0n) is 27.3. The minimum absolute atomic E-state index is 0.0675. The summed E-state index contributed by atoms with van der Waals surface area (Å²) in [6, 6.07) is -2.76. The van der Waals surface area contributed by atoms with Gasteiger partial charge in [0.1, 0.15) is 67.1 Å². The number of aliphatic hydroxyl groups excluding tert-OH is 9. The average molecular weight is 732 g/mol. The largest absolute Gasteiger partial charge is 0.477 e. The second kappa shape index (κ2) is 18.5. The third kappa shape index (κ3) is 9.80. The van der Waals surface area contributed by atoms with Gasteiger partial charge in [-0.05, 0) is 13.0 Å². The van der Waals surface area contributed by atoms with Crippen molar-refractivity contribution in [1.82, 2.24) is 10.6 Å². The van der Waals surface area contributed by atoms with Crippen LogP contribution in [0.2, 0.25) is 0 Å². The molecule has 290 valence electrons. The number of carbonyl (C=O) groups excluding carboxylic acids is 2. The number of hydrogen-bond donors (Lipinski definition) is 13. The van der Waals surface area contributed by atoms with Gasteiger partial charge in [-0.2, -0.15) is 0 Å². The number of amides is 2. The summed E-state index contributed by atoms with van der Waals surface area (Å²) in [5, 5.41) is 109. The zero-order valence-corrected chi connectivity index (χ0v) is 27.3. The molecule has 16 atom stereocenters. The third-order valence-electron chi connectivity index (χ3n) is 8.48. The first-order valence-corrected chi connectivity index (χ1v) is 15.9. The Morgan fingerprint density at radius 2 is 1.52 bits per heavy atom. The van der Waals surface area contributed by atoms with Crippen molar-refractivity contribution in [2.75, 3.05) is 33.0 Å². The fourth-order valence-corrected chi connectivity index (χ4v) is 5.86. The second-order valence-corrected chi connectivity index (χ2v) is 12.3. The smallest absolute Gasteiger partial charge is 0.364 e. The lowest BCUT2D eigenvalue weighted by molar-refractivity contribution is -0.360. The molecule has 3 fully saturated rings. The van der Waals surface area contributed by atoms with Gasteiger partial charge in [0.15, 0.2) is 12.6 Å². The van der Waals surface area contributed by atoms with Crippen molar-refractivity contribution in [3.8, 4) is 0 Å². The van der Waals surface area contributed by atoms with E-state index in [1.165, 1.54) is 0 Å². The second-order valence-electron chi connectivity index (χ2n) is 12.3. The summed E-state index contributed by atoms with van der Waals surface area (Å²) >= 11 is 0. The molecule has 0 aromatic carbocycles. The molecule has 0 bridgehead atoms. The molecule has 8 unspecified atom stereocenters. The van der Waals surface area contributed by atoms with Gasteiger partial charge in [0.25, 0.3) is 5.79 Å². The molecule has 3 heterocycles. The van der Waals surface area contributed by atoms with Crippen LogP contribution >= 0.6 is 0 Å². The monoisotopic (exact) mass is 731 g/mol. The highest BCUT2D eigenvalue weighted by molar-refractivity contribution is 5.76. The molecule has 2 amide bonds. The molecule has 3 saturated heterocycles. The highest BCUT2D eigenvalue weighted by Gasteiger charge is 2.57. The minimum Gasteiger partial charge on any atom is -0.477 e. The van der Waals surface area contributed by atoms with E-state index in [1.54, 1.807) is 0 Å².